The van der Waals surface area contributed by atoms with Crippen molar-refractivity contribution in [2.24, 2.45) is 0 Å². The van der Waals surface area contributed by atoms with E-state index in [1.165, 1.54) is 24.3 Å². The summed E-state index contributed by atoms with van der Waals surface area (Å²) in [4.78, 5) is 12.7. The molecule has 0 saturated heterocycles. The summed E-state index contributed by atoms with van der Waals surface area (Å²) < 4.78 is 33.2. The molecule has 0 aliphatic heterocycles. The fourth-order valence-corrected chi connectivity index (χ4v) is 4.45. The van der Waals surface area contributed by atoms with E-state index in [0.29, 0.717) is 29.6 Å². The topological polar surface area (TPSA) is 75.7 Å². The molecule has 0 fully saturated rings. The highest BCUT2D eigenvalue weighted by Crippen LogP contribution is 2.26. The smallest absolute Gasteiger partial charge is 0.264 e. The minimum Gasteiger partial charge on any atom is -0.494 e. The molecule has 0 aromatic heterocycles. The van der Waals surface area contributed by atoms with Gasteiger partial charge in [0.05, 0.1) is 17.2 Å². The zero-order chi connectivity index (χ0) is 22.3. The number of nitrogens with one attached hydrogen (secondary N) is 1. The van der Waals surface area contributed by atoms with Gasteiger partial charge in [0.25, 0.3) is 10.0 Å². The Morgan fingerprint density at radius 2 is 1.61 bits per heavy atom. The zero-order valence-electron chi connectivity index (χ0n) is 17.0. The molecule has 3 aromatic rings. The Labute approximate surface area is 187 Å². The summed E-state index contributed by atoms with van der Waals surface area (Å²) in [7, 11) is -4.00. The lowest BCUT2D eigenvalue weighted by Gasteiger charge is -2.24. The molecule has 0 aliphatic rings. The van der Waals surface area contributed by atoms with Crippen LogP contribution in [0.5, 0.6) is 5.75 Å². The lowest BCUT2D eigenvalue weighted by Crippen LogP contribution is -2.40. The molecule has 0 radical (unpaired) electrons. The number of rotatable bonds is 9. The van der Waals surface area contributed by atoms with Crippen LogP contribution in [0, 0.1) is 0 Å². The maximum atomic E-state index is 13.3. The minimum atomic E-state index is -4.00. The van der Waals surface area contributed by atoms with Gasteiger partial charge in [-0.2, -0.15) is 0 Å². The Balaban J connectivity index is 1.86. The Morgan fingerprint density at radius 3 is 2.23 bits per heavy atom. The third-order valence-electron chi connectivity index (χ3n) is 4.46. The van der Waals surface area contributed by atoms with Crippen molar-refractivity contribution in [2.45, 2.75) is 18.4 Å². The second-order valence-electron chi connectivity index (χ2n) is 6.65. The predicted octanol–water partition coefficient (Wildman–Crippen LogP) is 4.25. The van der Waals surface area contributed by atoms with Gasteiger partial charge in [-0.05, 0) is 61.0 Å². The molecule has 8 heteroatoms. The van der Waals surface area contributed by atoms with Crippen LogP contribution >= 0.6 is 11.6 Å². The highest BCUT2D eigenvalue weighted by Gasteiger charge is 2.27. The zero-order valence-corrected chi connectivity index (χ0v) is 18.6. The largest absolute Gasteiger partial charge is 0.494 e. The average Bonchev–Trinajstić information content (AvgIpc) is 2.78. The van der Waals surface area contributed by atoms with Crippen LogP contribution in [-0.2, 0) is 21.4 Å². The lowest BCUT2D eigenvalue weighted by molar-refractivity contribution is -0.119. The van der Waals surface area contributed by atoms with Crippen molar-refractivity contribution in [1.82, 2.24) is 5.32 Å². The number of hydrogen-bond acceptors (Lipinski definition) is 4. The van der Waals surface area contributed by atoms with E-state index in [2.05, 4.69) is 5.32 Å². The Kier molecular flexibility index (Phi) is 7.55. The quantitative estimate of drug-likeness (QED) is 0.520. The van der Waals surface area contributed by atoms with Crippen molar-refractivity contribution in [3.05, 3.63) is 89.4 Å². The fraction of sp³-hybridized carbons (Fsp3) is 0.174. The van der Waals surface area contributed by atoms with E-state index in [9.17, 15) is 13.2 Å². The van der Waals surface area contributed by atoms with Crippen LogP contribution < -0.4 is 14.4 Å². The van der Waals surface area contributed by atoms with E-state index >= 15 is 0 Å². The first-order valence-corrected chi connectivity index (χ1v) is 11.5. The number of sulfonamides is 1. The third-order valence-corrected chi connectivity index (χ3v) is 6.50. The van der Waals surface area contributed by atoms with Gasteiger partial charge in [0.1, 0.15) is 12.3 Å². The van der Waals surface area contributed by atoms with Crippen LogP contribution in [0.15, 0.2) is 83.8 Å². The Bertz CT molecular complexity index is 1100. The molecule has 0 heterocycles. The van der Waals surface area contributed by atoms with Crippen molar-refractivity contribution in [3.63, 3.8) is 0 Å². The number of anilines is 1. The molecule has 0 bridgehead atoms. The summed E-state index contributed by atoms with van der Waals surface area (Å²) in [6, 6.07) is 21.8. The van der Waals surface area contributed by atoms with Crippen LogP contribution in [0.4, 0.5) is 5.69 Å². The molecule has 0 spiro atoms. The molecular formula is C23H23ClN2O4S. The van der Waals surface area contributed by atoms with Crippen LogP contribution in [0.1, 0.15) is 12.5 Å². The number of ether oxygens (including phenoxy) is 1. The molecule has 31 heavy (non-hydrogen) atoms. The van der Waals surface area contributed by atoms with Crippen molar-refractivity contribution in [1.29, 1.82) is 0 Å². The molecule has 3 aromatic carbocycles. The second-order valence-corrected chi connectivity index (χ2v) is 8.95. The number of hydrogen-bond donors (Lipinski definition) is 1. The first-order chi connectivity index (χ1) is 14.9. The first kappa shape index (κ1) is 22.7. The number of nitrogens with zero attached hydrogens (tertiary/aromatic N) is 1. The van der Waals surface area contributed by atoms with E-state index in [4.69, 9.17) is 16.3 Å². The number of amides is 1. The monoisotopic (exact) mass is 458 g/mol. The summed E-state index contributed by atoms with van der Waals surface area (Å²) in [6.07, 6.45) is 0. The molecule has 0 aliphatic carbocycles. The standard InChI is InChI=1S/C23H23ClN2O4S/c1-2-30-21-12-10-20(11-13-21)26(31(28,29)22-14-8-19(24)9-15-22)17-23(27)25-16-18-6-4-3-5-7-18/h3-15H,2,16-17H2,1H3,(H,25,27). The summed E-state index contributed by atoms with van der Waals surface area (Å²) in [6.45, 7) is 2.29. The highest BCUT2D eigenvalue weighted by molar-refractivity contribution is 7.92. The maximum Gasteiger partial charge on any atom is 0.264 e. The summed E-state index contributed by atoms with van der Waals surface area (Å²) in [5, 5.41) is 3.20. The number of halogens is 1. The first-order valence-electron chi connectivity index (χ1n) is 9.72. The van der Waals surface area contributed by atoms with E-state index in [0.717, 1.165) is 9.87 Å². The molecule has 6 nitrogen and oxygen atoms in total. The molecule has 1 N–H and O–H groups in total. The van der Waals surface area contributed by atoms with Crippen molar-refractivity contribution in [2.75, 3.05) is 17.5 Å². The van der Waals surface area contributed by atoms with Crippen LogP contribution in [-0.4, -0.2) is 27.5 Å². The highest BCUT2D eigenvalue weighted by atomic mass is 35.5. The van der Waals surface area contributed by atoms with Crippen LogP contribution in [0.3, 0.4) is 0 Å². The van der Waals surface area contributed by atoms with Gasteiger partial charge >= 0.3 is 0 Å². The van der Waals surface area contributed by atoms with Gasteiger partial charge in [0.15, 0.2) is 0 Å². The minimum absolute atomic E-state index is 0.0432. The molecule has 162 valence electrons. The Morgan fingerprint density at radius 1 is 0.968 bits per heavy atom. The van der Waals surface area contributed by atoms with Gasteiger partial charge < -0.3 is 10.1 Å². The SMILES string of the molecule is CCOc1ccc(N(CC(=O)NCc2ccccc2)S(=O)(=O)c2ccc(Cl)cc2)cc1. The van der Waals surface area contributed by atoms with E-state index in [1.807, 2.05) is 37.3 Å². The number of carbonyl (C=O) groups is 1. The van der Waals surface area contributed by atoms with Crippen molar-refractivity contribution >= 4 is 33.2 Å². The predicted molar refractivity (Wildman–Crippen MR) is 122 cm³/mol. The van der Waals surface area contributed by atoms with Gasteiger partial charge in [-0.3, -0.25) is 9.10 Å². The van der Waals surface area contributed by atoms with E-state index in [1.54, 1.807) is 24.3 Å². The van der Waals surface area contributed by atoms with Gasteiger partial charge in [-0.25, -0.2) is 8.42 Å². The molecule has 3 rings (SSSR count). The molecule has 0 unspecified atom stereocenters. The maximum absolute atomic E-state index is 13.3. The normalized spacial score (nSPS) is 11.0. The molecular weight excluding hydrogens is 436 g/mol. The number of benzene rings is 3. The second kappa shape index (κ2) is 10.3. The average molecular weight is 459 g/mol. The lowest BCUT2D eigenvalue weighted by atomic mass is 10.2. The van der Waals surface area contributed by atoms with Gasteiger partial charge in [-0.1, -0.05) is 41.9 Å². The van der Waals surface area contributed by atoms with Crippen LogP contribution in [0.25, 0.3) is 0 Å². The van der Waals surface area contributed by atoms with E-state index in [-0.39, 0.29) is 11.4 Å². The third kappa shape index (κ3) is 5.99. The molecule has 0 atom stereocenters. The molecule has 1 amide bonds. The van der Waals surface area contributed by atoms with Crippen molar-refractivity contribution < 1.29 is 17.9 Å². The summed E-state index contributed by atoms with van der Waals surface area (Å²) in [5.41, 5.74) is 1.28. The summed E-state index contributed by atoms with van der Waals surface area (Å²) in [5.74, 6) is 0.193. The van der Waals surface area contributed by atoms with Gasteiger partial charge in [0.2, 0.25) is 5.91 Å². The van der Waals surface area contributed by atoms with E-state index < -0.39 is 15.9 Å². The summed E-state index contributed by atoms with van der Waals surface area (Å²) >= 11 is 5.90. The molecule has 0 saturated carbocycles. The van der Waals surface area contributed by atoms with Gasteiger partial charge in [-0.15, -0.1) is 0 Å². The van der Waals surface area contributed by atoms with Crippen LogP contribution in [0.2, 0.25) is 5.02 Å². The van der Waals surface area contributed by atoms with Crippen molar-refractivity contribution in [3.8, 4) is 5.75 Å². The Hall–Kier alpha value is -3.03. The fourth-order valence-electron chi connectivity index (χ4n) is 2.91. The van der Waals surface area contributed by atoms with Gasteiger partial charge in [0, 0.05) is 11.6 Å². The number of carbonyl (C=O) groups excluding carboxylic acids is 1.